The Morgan fingerprint density at radius 3 is 2.62 bits per heavy atom. The molecule has 9 heteroatoms. The highest BCUT2D eigenvalue weighted by Gasteiger charge is 2.14. The molecule has 0 spiro atoms. The number of carbonyl (C=O) groups excluding carboxylic acids is 1. The van der Waals surface area contributed by atoms with Crippen molar-refractivity contribution in [2.75, 3.05) is 11.9 Å². The van der Waals surface area contributed by atoms with E-state index < -0.39 is 16.0 Å². The number of nitriles is 1. The molecule has 1 heterocycles. The van der Waals surface area contributed by atoms with E-state index in [1.807, 2.05) is 0 Å². The Morgan fingerprint density at radius 1 is 1.31 bits per heavy atom. The third-order valence-corrected chi connectivity index (χ3v) is 4.60. The van der Waals surface area contributed by atoms with Gasteiger partial charge in [-0.05, 0) is 43.3 Å². The van der Waals surface area contributed by atoms with Crippen molar-refractivity contribution in [1.82, 2.24) is 4.72 Å². The van der Waals surface area contributed by atoms with E-state index >= 15 is 0 Å². The Bertz CT molecular complexity index is 910. The number of ether oxygens (including phenoxy) is 1. The van der Waals surface area contributed by atoms with Gasteiger partial charge in [0.1, 0.15) is 11.8 Å². The van der Waals surface area contributed by atoms with Crippen LogP contribution in [0.25, 0.3) is 0 Å². The number of esters is 1. The monoisotopic (exact) mass is 375 g/mol. The maximum absolute atomic E-state index is 12.2. The molecule has 1 aromatic heterocycles. The van der Waals surface area contributed by atoms with Crippen LogP contribution in [-0.4, -0.2) is 21.0 Å². The largest absolute Gasteiger partial charge is 0.468 e. The van der Waals surface area contributed by atoms with Crippen molar-refractivity contribution in [3.05, 3.63) is 60.2 Å². The number of anilines is 1. The molecule has 0 bridgehead atoms. The quantitative estimate of drug-likeness (QED) is 0.412. The molecule has 8 nitrogen and oxygen atoms in total. The van der Waals surface area contributed by atoms with E-state index in [4.69, 9.17) is 14.4 Å². The van der Waals surface area contributed by atoms with E-state index in [0.717, 1.165) is 0 Å². The summed E-state index contributed by atoms with van der Waals surface area (Å²) in [6, 6.07) is 10.9. The molecule has 0 fully saturated rings. The molecule has 0 saturated heterocycles. The van der Waals surface area contributed by atoms with Gasteiger partial charge in [-0.3, -0.25) is 0 Å². The van der Waals surface area contributed by atoms with Crippen LogP contribution in [0.15, 0.2) is 63.7 Å². The summed E-state index contributed by atoms with van der Waals surface area (Å²) in [6.45, 7) is 1.85. The lowest BCUT2D eigenvalue weighted by molar-refractivity contribution is -0.138. The number of sulfonamides is 1. The molecule has 0 atom stereocenters. The molecular weight excluding hydrogens is 358 g/mol. The lowest BCUT2D eigenvalue weighted by Gasteiger charge is -2.07. The van der Waals surface area contributed by atoms with Gasteiger partial charge in [0, 0.05) is 11.9 Å². The Hall–Kier alpha value is -3.09. The van der Waals surface area contributed by atoms with E-state index in [9.17, 15) is 13.2 Å². The third-order valence-electron chi connectivity index (χ3n) is 3.18. The zero-order chi connectivity index (χ0) is 19.0. The molecule has 0 radical (unpaired) electrons. The average Bonchev–Trinajstić information content (AvgIpc) is 3.15. The second-order valence-electron chi connectivity index (χ2n) is 4.96. The van der Waals surface area contributed by atoms with Gasteiger partial charge in [0.2, 0.25) is 10.0 Å². The summed E-state index contributed by atoms with van der Waals surface area (Å²) in [4.78, 5) is 11.6. The number of rotatable bonds is 8. The van der Waals surface area contributed by atoms with Gasteiger partial charge in [-0.15, -0.1) is 0 Å². The lowest BCUT2D eigenvalue weighted by atomic mass is 10.3. The molecule has 2 N–H and O–H groups in total. The Kier molecular flexibility index (Phi) is 6.54. The first-order valence-electron chi connectivity index (χ1n) is 7.62. The highest BCUT2D eigenvalue weighted by molar-refractivity contribution is 7.89. The van der Waals surface area contributed by atoms with Gasteiger partial charge in [0.25, 0.3) is 0 Å². The van der Waals surface area contributed by atoms with Crippen molar-refractivity contribution in [3.63, 3.8) is 0 Å². The number of nitrogens with zero attached hydrogens (tertiary/aromatic N) is 1. The second kappa shape index (κ2) is 8.84. The summed E-state index contributed by atoms with van der Waals surface area (Å²) >= 11 is 0. The van der Waals surface area contributed by atoms with Gasteiger partial charge in [-0.2, -0.15) is 5.26 Å². The molecule has 0 saturated carbocycles. The third kappa shape index (κ3) is 5.20. The molecule has 1 aromatic carbocycles. The van der Waals surface area contributed by atoms with Crippen LogP contribution in [0.3, 0.4) is 0 Å². The van der Waals surface area contributed by atoms with Crippen molar-refractivity contribution in [3.8, 4) is 6.07 Å². The molecule has 2 aromatic rings. The normalized spacial score (nSPS) is 11.6. The summed E-state index contributed by atoms with van der Waals surface area (Å²) in [5, 5.41) is 11.7. The summed E-state index contributed by atoms with van der Waals surface area (Å²) in [7, 11) is -3.69. The Balaban J connectivity index is 2.03. The number of hydrogen-bond acceptors (Lipinski definition) is 7. The first-order valence-corrected chi connectivity index (χ1v) is 9.10. The molecule has 0 aliphatic heterocycles. The topological polar surface area (TPSA) is 121 Å². The summed E-state index contributed by atoms with van der Waals surface area (Å²) < 4.78 is 36.7. The van der Waals surface area contributed by atoms with Crippen LogP contribution in [0.2, 0.25) is 0 Å². The van der Waals surface area contributed by atoms with Gasteiger partial charge in [0.05, 0.1) is 24.3 Å². The summed E-state index contributed by atoms with van der Waals surface area (Å²) in [6.07, 6.45) is 2.67. The van der Waals surface area contributed by atoms with Crippen LogP contribution in [0.5, 0.6) is 0 Å². The fourth-order valence-corrected chi connectivity index (χ4v) is 2.89. The Labute approximate surface area is 151 Å². The Morgan fingerprint density at radius 2 is 2.04 bits per heavy atom. The number of hydrogen-bond donors (Lipinski definition) is 2. The average molecular weight is 375 g/mol. The molecule has 136 valence electrons. The molecule has 2 rings (SSSR count). The molecule has 0 amide bonds. The van der Waals surface area contributed by atoms with E-state index in [1.54, 1.807) is 25.1 Å². The van der Waals surface area contributed by atoms with Gasteiger partial charge < -0.3 is 14.5 Å². The van der Waals surface area contributed by atoms with E-state index in [1.165, 1.54) is 36.7 Å². The molecule has 0 aliphatic rings. The van der Waals surface area contributed by atoms with E-state index in [0.29, 0.717) is 11.4 Å². The van der Waals surface area contributed by atoms with Crippen LogP contribution in [0.4, 0.5) is 5.69 Å². The highest BCUT2D eigenvalue weighted by atomic mass is 32.2. The smallest absolute Gasteiger partial charge is 0.350 e. The predicted octanol–water partition coefficient (Wildman–Crippen LogP) is 2.14. The van der Waals surface area contributed by atoms with Crippen LogP contribution >= 0.6 is 0 Å². The first-order chi connectivity index (χ1) is 12.5. The van der Waals surface area contributed by atoms with Crippen molar-refractivity contribution < 1.29 is 22.4 Å². The van der Waals surface area contributed by atoms with Crippen molar-refractivity contribution in [1.29, 1.82) is 5.26 Å². The SMILES string of the molecule is CCOC(=O)/C(C#N)=C\Nc1ccc(S(=O)(=O)NCc2ccco2)cc1. The van der Waals surface area contributed by atoms with Gasteiger partial charge in [0.15, 0.2) is 5.57 Å². The van der Waals surface area contributed by atoms with Crippen LogP contribution in [0, 0.1) is 11.3 Å². The van der Waals surface area contributed by atoms with Gasteiger partial charge in [-0.25, -0.2) is 17.9 Å². The van der Waals surface area contributed by atoms with Crippen molar-refractivity contribution in [2.45, 2.75) is 18.4 Å². The van der Waals surface area contributed by atoms with Gasteiger partial charge >= 0.3 is 5.97 Å². The number of carbonyl (C=O) groups is 1. The number of benzene rings is 1. The minimum absolute atomic E-state index is 0.0448. The fraction of sp³-hybridized carbons (Fsp3) is 0.176. The zero-order valence-electron chi connectivity index (χ0n) is 13.9. The standard InChI is InChI=1S/C17H17N3O5S/c1-2-24-17(21)13(10-18)11-19-14-5-7-16(8-6-14)26(22,23)20-12-15-4-3-9-25-15/h3-9,11,19-20H,2,12H2,1H3/b13-11-. The number of nitrogens with one attached hydrogen (secondary N) is 2. The lowest BCUT2D eigenvalue weighted by Crippen LogP contribution is -2.22. The van der Waals surface area contributed by atoms with Crippen LogP contribution in [0.1, 0.15) is 12.7 Å². The minimum atomic E-state index is -3.69. The predicted molar refractivity (Wildman–Crippen MR) is 93.1 cm³/mol. The summed E-state index contributed by atoms with van der Waals surface area (Å²) in [5.41, 5.74) is 0.315. The second-order valence-corrected chi connectivity index (χ2v) is 6.73. The van der Waals surface area contributed by atoms with Crippen LogP contribution in [-0.2, 0) is 26.1 Å². The van der Waals surface area contributed by atoms with E-state index in [2.05, 4.69) is 10.0 Å². The molecule has 0 unspecified atom stereocenters. The minimum Gasteiger partial charge on any atom is -0.468 e. The summed E-state index contributed by atoms with van der Waals surface area (Å²) in [5.74, 6) is -0.233. The van der Waals surface area contributed by atoms with Gasteiger partial charge in [-0.1, -0.05) is 0 Å². The first kappa shape index (κ1) is 19.2. The van der Waals surface area contributed by atoms with E-state index in [-0.39, 0.29) is 23.6 Å². The maximum Gasteiger partial charge on any atom is 0.350 e. The maximum atomic E-state index is 12.2. The molecule has 0 aliphatic carbocycles. The zero-order valence-corrected chi connectivity index (χ0v) is 14.7. The molecular formula is C17H17N3O5S. The van der Waals surface area contributed by atoms with Crippen LogP contribution < -0.4 is 10.0 Å². The van der Waals surface area contributed by atoms with Crippen molar-refractivity contribution >= 4 is 21.7 Å². The molecule has 26 heavy (non-hydrogen) atoms. The fourth-order valence-electron chi connectivity index (χ4n) is 1.89. The van der Waals surface area contributed by atoms with Crippen molar-refractivity contribution in [2.24, 2.45) is 0 Å². The number of furan rings is 1. The highest BCUT2D eigenvalue weighted by Crippen LogP contribution is 2.15.